The Morgan fingerprint density at radius 3 is 2.96 bits per heavy atom. The zero-order chi connectivity index (χ0) is 19.1. The van der Waals surface area contributed by atoms with E-state index in [0.29, 0.717) is 28.9 Å². The first-order valence-electron chi connectivity index (χ1n) is 8.12. The number of hydrogen-bond acceptors (Lipinski definition) is 7. The summed E-state index contributed by atoms with van der Waals surface area (Å²) in [7, 11) is 0. The normalized spacial score (nSPS) is 21.6. The fraction of sp³-hybridized carbons (Fsp3) is 0.312. The van der Waals surface area contributed by atoms with Gasteiger partial charge in [0.15, 0.2) is 11.6 Å². The van der Waals surface area contributed by atoms with Crippen LogP contribution in [0.25, 0.3) is 5.70 Å². The van der Waals surface area contributed by atoms with Gasteiger partial charge in [-0.3, -0.25) is 4.79 Å². The second-order valence-corrected chi connectivity index (χ2v) is 7.51. The van der Waals surface area contributed by atoms with Gasteiger partial charge in [-0.1, -0.05) is 29.3 Å². The molecule has 2 aromatic rings. The summed E-state index contributed by atoms with van der Waals surface area (Å²) < 4.78 is 6.92. The summed E-state index contributed by atoms with van der Waals surface area (Å²) in [6.45, 7) is 1.96. The average molecular weight is 428 g/mol. The van der Waals surface area contributed by atoms with Crippen LogP contribution >= 0.6 is 35.2 Å². The van der Waals surface area contributed by atoms with Crippen molar-refractivity contribution in [1.82, 2.24) is 25.1 Å². The van der Waals surface area contributed by atoms with Crippen LogP contribution in [0.15, 0.2) is 23.6 Å². The van der Waals surface area contributed by atoms with Gasteiger partial charge in [-0.05, 0) is 19.1 Å². The lowest BCUT2D eigenvalue weighted by atomic mass is 10.1. The van der Waals surface area contributed by atoms with Crippen LogP contribution < -0.4 is 5.48 Å². The average Bonchev–Trinajstić information content (AvgIpc) is 3.32. The van der Waals surface area contributed by atoms with Gasteiger partial charge in [-0.25, -0.2) is 9.76 Å². The van der Waals surface area contributed by atoms with Crippen molar-refractivity contribution in [3.63, 3.8) is 0 Å². The smallest absolute Gasteiger partial charge is 0.256 e. The molecule has 27 heavy (non-hydrogen) atoms. The SMILES string of the molecule is CC1c2nnc(C3=CSON3)n2CC(CO)N1C(=O)c1cccc(Cl)c1Cl. The highest BCUT2D eigenvalue weighted by atomic mass is 35.5. The van der Waals surface area contributed by atoms with Crippen molar-refractivity contribution in [1.29, 1.82) is 0 Å². The first kappa shape index (κ1) is 18.6. The number of benzene rings is 1. The van der Waals surface area contributed by atoms with E-state index in [1.807, 2.05) is 11.5 Å². The van der Waals surface area contributed by atoms with Gasteiger partial charge < -0.3 is 14.6 Å². The highest BCUT2D eigenvalue weighted by molar-refractivity contribution is 7.98. The topological polar surface area (TPSA) is 92.5 Å². The van der Waals surface area contributed by atoms with Crippen molar-refractivity contribution >= 4 is 46.8 Å². The maximum absolute atomic E-state index is 13.2. The van der Waals surface area contributed by atoms with Gasteiger partial charge in [0.1, 0.15) is 5.70 Å². The van der Waals surface area contributed by atoms with Gasteiger partial charge in [0.2, 0.25) is 0 Å². The van der Waals surface area contributed by atoms with Crippen LogP contribution in [0.4, 0.5) is 0 Å². The Hall–Kier alpha value is -1.78. The minimum atomic E-state index is -0.472. The van der Waals surface area contributed by atoms with Crippen molar-refractivity contribution in [3.05, 3.63) is 50.9 Å². The summed E-state index contributed by atoms with van der Waals surface area (Å²) in [5.41, 5.74) is 3.72. The number of rotatable bonds is 3. The fourth-order valence-corrected chi connectivity index (χ4v) is 4.12. The van der Waals surface area contributed by atoms with Crippen molar-refractivity contribution in [3.8, 4) is 0 Å². The van der Waals surface area contributed by atoms with Gasteiger partial charge in [-0.15, -0.1) is 10.2 Å². The van der Waals surface area contributed by atoms with E-state index in [0.717, 1.165) is 12.0 Å². The van der Waals surface area contributed by atoms with Crippen LogP contribution in [0.1, 0.15) is 35.0 Å². The number of carbonyl (C=O) groups is 1. The number of nitrogens with zero attached hydrogens (tertiary/aromatic N) is 4. The number of aliphatic hydroxyl groups is 1. The van der Waals surface area contributed by atoms with Gasteiger partial charge in [0.25, 0.3) is 5.91 Å². The highest BCUT2D eigenvalue weighted by Gasteiger charge is 2.39. The number of aromatic nitrogens is 3. The number of hydroxylamine groups is 1. The Morgan fingerprint density at radius 1 is 1.44 bits per heavy atom. The highest BCUT2D eigenvalue weighted by Crippen LogP contribution is 2.34. The second kappa shape index (κ2) is 7.33. The molecule has 0 saturated heterocycles. The molecule has 0 spiro atoms. The maximum Gasteiger partial charge on any atom is 0.256 e. The predicted molar refractivity (Wildman–Crippen MR) is 102 cm³/mol. The summed E-state index contributed by atoms with van der Waals surface area (Å²) in [5.74, 6) is 0.885. The number of amides is 1. The summed E-state index contributed by atoms with van der Waals surface area (Å²) in [6.07, 6.45) is 0. The molecule has 4 rings (SSSR count). The molecule has 8 nitrogen and oxygen atoms in total. The van der Waals surface area contributed by atoms with E-state index in [9.17, 15) is 9.90 Å². The molecule has 2 atom stereocenters. The monoisotopic (exact) mass is 427 g/mol. The molecule has 1 amide bonds. The van der Waals surface area contributed by atoms with Crippen molar-refractivity contribution in [2.75, 3.05) is 6.61 Å². The Kier molecular flexibility index (Phi) is 5.04. The molecule has 3 heterocycles. The van der Waals surface area contributed by atoms with Crippen LogP contribution in [0, 0.1) is 0 Å². The molecule has 2 aliphatic rings. The summed E-state index contributed by atoms with van der Waals surface area (Å²) in [6, 6.07) is 4.01. The largest absolute Gasteiger partial charge is 0.394 e. The fourth-order valence-electron chi connectivity index (χ4n) is 3.30. The maximum atomic E-state index is 13.2. The van der Waals surface area contributed by atoms with Crippen LogP contribution in [-0.4, -0.2) is 43.3 Å². The summed E-state index contributed by atoms with van der Waals surface area (Å²) >= 11 is 13.4. The van der Waals surface area contributed by atoms with Crippen molar-refractivity contribution < 1.29 is 14.2 Å². The van der Waals surface area contributed by atoms with E-state index in [1.165, 1.54) is 0 Å². The molecule has 142 valence electrons. The van der Waals surface area contributed by atoms with E-state index in [2.05, 4.69) is 15.7 Å². The number of fused-ring (bicyclic) bond motifs is 1. The quantitative estimate of drug-likeness (QED) is 0.727. The first-order chi connectivity index (χ1) is 13.0. The predicted octanol–water partition coefficient (Wildman–Crippen LogP) is 2.64. The standard InChI is InChI=1S/C16H15Cl2N5O3S/c1-8-14-19-20-15(12-7-27-26-21-12)22(14)5-9(6-24)23(8)16(25)10-3-2-4-11(17)13(10)18/h2-4,7-9,21,24H,5-6H2,1H3. The molecule has 0 aliphatic carbocycles. The molecular formula is C16H15Cl2N5O3S. The number of hydrogen-bond donors (Lipinski definition) is 2. The number of aliphatic hydroxyl groups excluding tert-OH is 1. The Labute approximate surface area is 169 Å². The lowest BCUT2D eigenvalue weighted by molar-refractivity contribution is 0.0343. The van der Waals surface area contributed by atoms with Crippen LogP contribution in [0.3, 0.4) is 0 Å². The molecular weight excluding hydrogens is 413 g/mol. The van der Waals surface area contributed by atoms with E-state index in [4.69, 9.17) is 27.5 Å². The number of halogens is 2. The molecule has 0 saturated carbocycles. The van der Waals surface area contributed by atoms with Crippen molar-refractivity contribution in [2.24, 2.45) is 0 Å². The van der Waals surface area contributed by atoms with Gasteiger partial charge in [-0.2, -0.15) is 0 Å². The molecule has 2 aliphatic heterocycles. The number of nitrogens with one attached hydrogen (secondary N) is 1. The van der Waals surface area contributed by atoms with E-state index in [-0.39, 0.29) is 23.1 Å². The van der Waals surface area contributed by atoms with Crippen LogP contribution in [0.5, 0.6) is 0 Å². The molecule has 11 heteroatoms. The van der Waals surface area contributed by atoms with E-state index < -0.39 is 12.1 Å². The molecule has 0 radical (unpaired) electrons. The van der Waals surface area contributed by atoms with E-state index >= 15 is 0 Å². The Bertz CT molecular complexity index is 935. The Balaban J connectivity index is 1.73. The van der Waals surface area contributed by atoms with Gasteiger partial charge >= 0.3 is 0 Å². The van der Waals surface area contributed by atoms with E-state index in [1.54, 1.807) is 28.5 Å². The minimum Gasteiger partial charge on any atom is -0.394 e. The lowest BCUT2D eigenvalue weighted by Gasteiger charge is -2.40. The van der Waals surface area contributed by atoms with Gasteiger partial charge in [0, 0.05) is 12.0 Å². The van der Waals surface area contributed by atoms with Gasteiger partial charge in [0.05, 0.1) is 46.3 Å². The van der Waals surface area contributed by atoms with Crippen LogP contribution in [0.2, 0.25) is 10.0 Å². The lowest BCUT2D eigenvalue weighted by Crippen LogP contribution is -2.50. The van der Waals surface area contributed by atoms with Crippen LogP contribution in [-0.2, 0) is 10.8 Å². The molecule has 1 aromatic carbocycles. The second-order valence-electron chi connectivity index (χ2n) is 6.13. The third-order valence-corrected chi connectivity index (χ3v) is 5.92. The zero-order valence-electron chi connectivity index (χ0n) is 14.1. The zero-order valence-corrected chi connectivity index (χ0v) is 16.4. The third kappa shape index (κ3) is 3.09. The Morgan fingerprint density at radius 2 is 2.26 bits per heavy atom. The summed E-state index contributed by atoms with van der Waals surface area (Å²) in [5, 5.41) is 20.7. The van der Waals surface area contributed by atoms with Crippen molar-refractivity contribution in [2.45, 2.75) is 25.6 Å². The first-order valence-corrected chi connectivity index (χ1v) is 9.68. The molecule has 2 unspecified atom stereocenters. The third-order valence-electron chi connectivity index (χ3n) is 4.59. The number of carbonyl (C=O) groups excluding carboxylic acids is 1. The minimum absolute atomic E-state index is 0.190. The summed E-state index contributed by atoms with van der Waals surface area (Å²) in [4.78, 5) is 14.8. The molecule has 0 fully saturated rings. The molecule has 0 bridgehead atoms. The molecule has 2 N–H and O–H groups in total. The molecule has 1 aromatic heterocycles.